The Hall–Kier alpha value is -2.66. The molecule has 1 amide bonds. The van der Waals surface area contributed by atoms with Crippen LogP contribution >= 0.6 is 11.6 Å². The fraction of sp³-hybridized carbons (Fsp3) is 0.250. The normalized spacial score (nSPS) is 11.0. The van der Waals surface area contributed by atoms with Crippen molar-refractivity contribution in [3.05, 3.63) is 76.3 Å². The molecule has 0 saturated carbocycles. The molecule has 3 aromatic rings. The van der Waals surface area contributed by atoms with E-state index in [-0.39, 0.29) is 11.8 Å². The Morgan fingerprint density at radius 1 is 1.23 bits per heavy atom. The smallest absolute Gasteiger partial charge is 0.255 e. The molecule has 1 N–H and O–H groups in total. The number of hydrogen-bond acceptors (Lipinski definition) is 3. The Morgan fingerprint density at radius 2 is 2.00 bits per heavy atom. The van der Waals surface area contributed by atoms with Crippen molar-refractivity contribution in [2.75, 3.05) is 0 Å². The molecule has 6 heteroatoms. The van der Waals surface area contributed by atoms with Crippen LogP contribution in [-0.2, 0) is 6.54 Å². The first-order chi connectivity index (χ1) is 12.5. The largest absolute Gasteiger partial charge is 0.346 e. The van der Waals surface area contributed by atoms with Gasteiger partial charge in [-0.15, -0.1) is 0 Å². The Morgan fingerprint density at radius 3 is 2.69 bits per heavy atom. The third-order valence-electron chi connectivity index (χ3n) is 4.03. The maximum absolute atomic E-state index is 12.7. The zero-order chi connectivity index (χ0) is 18.7. The van der Waals surface area contributed by atoms with E-state index in [2.05, 4.69) is 15.4 Å². The second kappa shape index (κ2) is 7.70. The summed E-state index contributed by atoms with van der Waals surface area (Å²) in [6.45, 7) is 6.38. The number of carbonyl (C=O) groups is 1. The Balaban J connectivity index is 1.86. The van der Waals surface area contributed by atoms with Gasteiger partial charge in [0.1, 0.15) is 0 Å². The van der Waals surface area contributed by atoms with Gasteiger partial charge in [-0.05, 0) is 43.2 Å². The van der Waals surface area contributed by atoms with Crippen LogP contribution in [0.5, 0.6) is 0 Å². The summed E-state index contributed by atoms with van der Waals surface area (Å²) < 4.78 is 1.77. The van der Waals surface area contributed by atoms with Gasteiger partial charge >= 0.3 is 0 Å². The highest BCUT2D eigenvalue weighted by Crippen LogP contribution is 2.24. The van der Waals surface area contributed by atoms with E-state index in [0.29, 0.717) is 17.1 Å². The van der Waals surface area contributed by atoms with E-state index in [1.165, 1.54) is 0 Å². The van der Waals surface area contributed by atoms with Crippen LogP contribution in [0.25, 0.3) is 5.69 Å². The number of aryl methyl sites for hydroxylation is 1. The molecule has 0 bridgehead atoms. The summed E-state index contributed by atoms with van der Waals surface area (Å²) in [4.78, 5) is 17.1. The van der Waals surface area contributed by atoms with E-state index >= 15 is 0 Å². The lowest BCUT2D eigenvalue weighted by Gasteiger charge is -2.13. The molecule has 2 heterocycles. The first-order valence-electron chi connectivity index (χ1n) is 8.50. The molecule has 3 rings (SSSR count). The second-order valence-corrected chi connectivity index (χ2v) is 6.88. The van der Waals surface area contributed by atoms with Crippen molar-refractivity contribution in [1.82, 2.24) is 20.1 Å². The number of nitrogens with zero attached hydrogens (tertiary/aromatic N) is 3. The average molecular weight is 369 g/mol. The van der Waals surface area contributed by atoms with Gasteiger partial charge in [-0.1, -0.05) is 37.6 Å². The molecule has 0 atom stereocenters. The molecule has 0 radical (unpaired) electrons. The number of halogens is 1. The van der Waals surface area contributed by atoms with Crippen LogP contribution in [0.3, 0.4) is 0 Å². The average Bonchev–Trinajstić information content (AvgIpc) is 3.05. The number of benzene rings is 1. The van der Waals surface area contributed by atoms with Crippen molar-refractivity contribution in [2.24, 2.45) is 0 Å². The lowest BCUT2D eigenvalue weighted by molar-refractivity contribution is 0.0949. The van der Waals surface area contributed by atoms with Crippen LogP contribution in [0.1, 0.15) is 47.2 Å². The van der Waals surface area contributed by atoms with Gasteiger partial charge in [-0.3, -0.25) is 9.78 Å². The minimum absolute atomic E-state index is 0.120. The molecule has 0 fully saturated rings. The van der Waals surface area contributed by atoms with Crippen LogP contribution in [0.2, 0.25) is 5.02 Å². The maximum atomic E-state index is 12.7. The van der Waals surface area contributed by atoms with Gasteiger partial charge in [-0.25, -0.2) is 4.68 Å². The predicted molar refractivity (Wildman–Crippen MR) is 103 cm³/mol. The number of amides is 1. The second-order valence-electron chi connectivity index (χ2n) is 6.44. The minimum atomic E-state index is -0.162. The maximum Gasteiger partial charge on any atom is 0.255 e. The Kier molecular flexibility index (Phi) is 5.38. The SMILES string of the molecule is Cc1cccc(CNC(=O)c2cnn(-c3cccc(Cl)c3)c2C(C)C)n1. The lowest BCUT2D eigenvalue weighted by Crippen LogP contribution is -2.24. The molecule has 0 aliphatic carbocycles. The van der Waals surface area contributed by atoms with Crippen LogP contribution in [0, 0.1) is 6.92 Å². The van der Waals surface area contributed by atoms with Gasteiger partial charge in [0.15, 0.2) is 0 Å². The minimum Gasteiger partial charge on any atom is -0.346 e. The molecule has 26 heavy (non-hydrogen) atoms. The summed E-state index contributed by atoms with van der Waals surface area (Å²) in [5, 5.41) is 7.98. The first-order valence-corrected chi connectivity index (χ1v) is 8.88. The number of carbonyl (C=O) groups excluding carboxylic acids is 1. The zero-order valence-electron chi connectivity index (χ0n) is 15.0. The first kappa shape index (κ1) is 18.1. The highest BCUT2D eigenvalue weighted by Gasteiger charge is 2.21. The number of hydrogen-bond donors (Lipinski definition) is 1. The third-order valence-corrected chi connectivity index (χ3v) is 4.26. The third kappa shape index (κ3) is 3.94. The summed E-state index contributed by atoms with van der Waals surface area (Å²) in [6.07, 6.45) is 1.61. The summed E-state index contributed by atoms with van der Waals surface area (Å²) in [7, 11) is 0. The van der Waals surface area contributed by atoms with Crippen molar-refractivity contribution < 1.29 is 4.79 Å². The number of pyridine rings is 1. The Bertz CT molecular complexity index is 933. The number of rotatable bonds is 5. The summed E-state index contributed by atoms with van der Waals surface area (Å²) in [6, 6.07) is 13.2. The number of aromatic nitrogens is 3. The van der Waals surface area contributed by atoms with Gasteiger partial charge in [0.2, 0.25) is 0 Å². The summed E-state index contributed by atoms with van der Waals surface area (Å²) >= 11 is 6.10. The van der Waals surface area contributed by atoms with Crippen LogP contribution in [-0.4, -0.2) is 20.7 Å². The summed E-state index contributed by atoms with van der Waals surface area (Å²) in [5.41, 5.74) is 4.00. The van der Waals surface area contributed by atoms with E-state index in [1.54, 1.807) is 10.9 Å². The Labute approximate surface area is 158 Å². The van der Waals surface area contributed by atoms with E-state index in [0.717, 1.165) is 22.8 Å². The molecular weight excluding hydrogens is 348 g/mol. The van der Waals surface area contributed by atoms with Crippen LogP contribution in [0.4, 0.5) is 0 Å². The molecule has 0 spiro atoms. The molecule has 0 aliphatic rings. The van der Waals surface area contributed by atoms with E-state index in [1.807, 2.05) is 63.2 Å². The highest BCUT2D eigenvalue weighted by molar-refractivity contribution is 6.30. The molecular formula is C20H21ClN4O. The van der Waals surface area contributed by atoms with Gasteiger partial charge in [0.25, 0.3) is 5.91 Å². The van der Waals surface area contributed by atoms with E-state index in [4.69, 9.17) is 11.6 Å². The molecule has 0 unspecified atom stereocenters. The van der Waals surface area contributed by atoms with Gasteiger partial charge in [-0.2, -0.15) is 5.10 Å². The van der Waals surface area contributed by atoms with Crippen molar-refractivity contribution in [2.45, 2.75) is 33.2 Å². The topological polar surface area (TPSA) is 59.8 Å². The number of nitrogens with one attached hydrogen (secondary N) is 1. The lowest BCUT2D eigenvalue weighted by atomic mass is 10.0. The molecule has 134 valence electrons. The van der Waals surface area contributed by atoms with Crippen LogP contribution < -0.4 is 5.32 Å². The zero-order valence-corrected chi connectivity index (χ0v) is 15.8. The fourth-order valence-corrected chi connectivity index (χ4v) is 3.05. The highest BCUT2D eigenvalue weighted by atomic mass is 35.5. The predicted octanol–water partition coefficient (Wildman–Crippen LogP) is 4.28. The van der Waals surface area contributed by atoms with Crippen molar-refractivity contribution in [3.8, 4) is 5.69 Å². The van der Waals surface area contributed by atoms with E-state index < -0.39 is 0 Å². The van der Waals surface area contributed by atoms with Crippen LogP contribution in [0.15, 0.2) is 48.7 Å². The summed E-state index contributed by atoms with van der Waals surface area (Å²) in [5.74, 6) is -0.0420. The van der Waals surface area contributed by atoms with Gasteiger partial charge in [0, 0.05) is 10.7 Å². The van der Waals surface area contributed by atoms with Crippen molar-refractivity contribution >= 4 is 17.5 Å². The quantitative estimate of drug-likeness (QED) is 0.731. The van der Waals surface area contributed by atoms with E-state index in [9.17, 15) is 4.79 Å². The molecule has 5 nitrogen and oxygen atoms in total. The fourth-order valence-electron chi connectivity index (χ4n) is 2.87. The van der Waals surface area contributed by atoms with Crippen molar-refractivity contribution in [1.29, 1.82) is 0 Å². The molecule has 0 aliphatic heterocycles. The monoisotopic (exact) mass is 368 g/mol. The van der Waals surface area contributed by atoms with Gasteiger partial charge in [0.05, 0.1) is 35.4 Å². The van der Waals surface area contributed by atoms with Crippen molar-refractivity contribution in [3.63, 3.8) is 0 Å². The van der Waals surface area contributed by atoms with Gasteiger partial charge < -0.3 is 5.32 Å². The molecule has 2 aromatic heterocycles. The molecule has 0 saturated heterocycles. The standard InChI is InChI=1S/C20H21ClN4O/c1-13(2)19-18(12-23-25(19)17-9-5-7-15(21)10-17)20(26)22-11-16-8-4-6-14(3)24-16/h4-10,12-13H,11H2,1-3H3,(H,22,26). The molecule has 1 aromatic carbocycles.